The third-order valence-electron chi connectivity index (χ3n) is 4.16. The van der Waals surface area contributed by atoms with Gasteiger partial charge in [-0.1, -0.05) is 50.3 Å². The summed E-state index contributed by atoms with van der Waals surface area (Å²) < 4.78 is 5.74. The van der Waals surface area contributed by atoms with Gasteiger partial charge in [0, 0.05) is 11.4 Å². The van der Waals surface area contributed by atoms with Crippen molar-refractivity contribution in [1.29, 1.82) is 0 Å². The summed E-state index contributed by atoms with van der Waals surface area (Å²) in [5.41, 5.74) is 2.91. The fourth-order valence-corrected chi connectivity index (χ4v) is 2.59. The van der Waals surface area contributed by atoms with Gasteiger partial charge in [-0.3, -0.25) is 4.79 Å². The van der Waals surface area contributed by atoms with E-state index in [1.54, 1.807) is 0 Å². The van der Waals surface area contributed by atoms with Crippen molar-refractivity contribution in [3.63, 3.8) is 0 Å². The largest absolute Gasteiger partial charge is 0.494 e. The molecule has 0 spiro atoms. The van der Waals surface area contributed by atoms with Gasteiger partial charge in [0.05, 0.1) is 13.2 Å². The smallest absolute Gasteiger partial charge is 0.243 e. The molecule has 0 bridgehead atoms. The Balaban J connectivity index is 1.67. The van der Waals surface area contributed by atoms with E-state index in [4.69, 9.17) is 4.74 Å². The van der Waals surface area contributed by atoms with Gasteiger partial charge in [-0.2, -0.15) is 0 Å². The number of amides is 1. The molecule has 2 aromatic rings. The normalized spacial score (nSPS) is 10.4. The maximum atomic E-state index is 12.0. The zero-order valence-electron chi connectivity index (χ0n) is 15.9. The fourth-order valence-electron chi connectivity index (χ4n) is 2.59. The molecular formula is C22H30N2O2. The van der Waals surface area contributed by atoms with Gasteiger partial charge in [0.1, 0.15) is 5.75 Å². The molecule has 0 saturated carbocycles. The van der Waals surface area contributed by atoms with Gasteiger partial charge < -0.3 is 15.4 Å². The lowest BCUT2D eigenvalue weighted by Crippen LogP contribution is -2.21. The zero-order chi connectivity index (χ0) is 18.6. The number of aryl methyl sites for hydroxylation is 1. The lowest BCUT2D eigenvalue weighted by molar-refractivity contribution is -0.114. The number of carbonyl (C=O) groups is 1. The fraction of sp³-hybridized carbons (Fsp3) is 0.409. The summed E-state index contributed by atoms with van der Waals surface area (Å²) in [6.45, 7) is 5.24. The molecule has 0 aromatic heterocycles. The second-order valence-corrected chi connectivity index (χ2v) is 6.55. The number of hydrogen-bond acceptors (Lipinski definition) is 3. The first-order valence-corrected chi connectivity index (χ1v) is 9.50. The van der Waals surface area contributed by atoms with Crippen LogP contribution in [0.2, 0.25) is 0 Å². The average Bonchev–Trinajstić information content (AvgIpc) is 2.65. The van der Waals surface area contributed by atoms with E-state index in [9.17, 15) is 4.79 Å². The second-order valence-electron chi connectivity index (χ2n) is 6.55. The Hall–Kier alpha value is -2.49. The van der Waals surface area contributed by atoms with Gasteiger partial charge in [-0.25, -0.2) is 0 Å². The van der Waals surface area contributed by atoms with Gasteiger partial charge in [0.15, 0.2) is 0 Å². The number of hydrogen-bond donors (Lipinski definition) is 2. The van der Waals surface area contributed by atoms with Crippen LogP contribution in [0.5, 0.6) is 5.75 Å². The van der Waals surface area contributed by atoms with Gasteiger partial charge >= 0.3 is 0 Å². The van der Waals surface area contributed by atoms with Crippen LogP contribution in [0.15, 0.2) is 48.5 Å². The molecule has 2 aromatic carbocycles. The Morgan fingerprint density at radius 1 is 0.885 bits per heavy atom. The SMILES string of the molecule is CCCCCCCOc1ccc(NC(=O)CNc2ccc(C)cc2)cc1. The van der Waals surface area contributed by atoms with Crippen molar-refractivity contribution < 1.29 is 9.53 Å². The number of benzene rings is 2. The highest BCUT2D eigenvalue weighted by atomic mass is 16.5. The molecule has 0 fully saturated rings. The second kappa shape index (κ2) is 11.2. The van der Waals surface area contributed by atoms with Gasteiger partial charge in [0.25, 0.3) is 0 Å². The molecule has 0 heterocycles. The van der Waals surface area contributed by atoms with E-state index in [1.165, 1.54) is 31.2 Å². The van der Waals surface area contributed by atoms with Crippen LogP contribution in [0.3, 0.4) is 0 Å². The summed E-state index contributed by atoms with van der Waals surface area (Å²) in [6.07, 6.45) is 6.14. The van der Waals surface area contributed by atoms with Crippen molar-refractivity contribution in [2.75, 3.05) is 23.8 Å². The molecule has 1 amide bonds. The van der Waals surface area contributed by atoms with Crippen LogP contribution < -0.4 is 15.4 Å². The number of anilines is 2. The molecule has 26 heavy (non-hydrogen) atoms. The van der Waals surface area contributed by atoms with Gasteiger partial charge in [0.2, 0.25) is 5.91 Å². The molecule has 140 valence electrons. The standard InChI is InChI=1S/C22H30N2O2/c1-3-4-5-6-7-16-26-21-14-12-20(13-15-21)24-22(25)17-23-19-10-8-18(2)9-11-19/h8-15,23H,3-7,16-17H2,1-2H3,(H,24,25). The highest BCUT2D eigenvalue weighted by Gasteiger charge is 2.03. The van der Waals surface area contributed by atoms with Crippen LogP contribution in [-0.2, 0) is 4.79 Å². The van der Waals surface area contributed by atoms with E-state index < -0.39 is 0 Å². The quantitative estimate of drug-likeness (QED) is 0.532. The first-order chi connectivity index (χ1) is 12.7. The Labute approximate surface area is 157 Å². The van der Waals surface area contributed by atoms with Crippen LogP contribution in [0.1, 0.15) is 44.6 Å². The van der Waals surface area contributed by atoms with Crippen molar-refractivity contribution in [2.24, 2.45) is 0 Å². The van der Waals surface area contributed by atoms with Crippen LogP contribution in [0.25, 0.3) is 0 Å². The molecule has 0 saturated heterocycles. The van der Waals surface area contributed by atoms with E-state index >= 15 is 0 Å². The third kappa shape index (κ3) is 7.60. The molecule has 0 aliphatic carbocycles. The maximum Gasteiger partial charge on any atom is 0.243 e. The minimum atomic E-state index is -0.0739. The molecular weight excluding hydrogens is 324 g/mol. The predicted molar refractivity (Wildman–Crippen MR) is 109 cm³/mol. The van der Waals surface area contributed by atoms with E-state index in [1.807, 2.05) is 55.5 Å². The molecule has 2 N–H and O–H groups in total. The summed E-state index contributed by atoms with van der Waals surface area (Å²) >= 11 is 0. The molecule has 2 rings (SSSR count). The van der Waals surface area contributed by atoms with Crippen molar-refractivity contribution in [1.82, 2.24) is 0 Å². The third-order valence-corrected chi connectivity index (χ3v) is 4.16. The molecule has 0 unspecified atom stereocenters. The lowest BCUT2D eigenvalue weighted by atomic mass is 10.2. The molecule has 4 heteroatoms. The van der Waals surface area contributed by atoms with Gasteiger partial charge in [-0.05, 0) is 49.7 Å². The van der Waals surface area contributed by atoms with Crippen molar-refractivity contribution in [2.45, 2.75) is 46.0 Å². The van der Waals surface area contributed by atoms with E-state index in [-0.39, 0.29) is 12.5 Å². The number of rotatable bonds is 11. The topological polar surface area (TPSA) is 50.4 Å². The number of unbranched alkanes of at least 4 members (excludes halogenated alkanes) is 4. The first-order valence-electron chi connectivity index (χ1n) is 9.50. The van der Waals surface area contributed by atoms with Gasteiger partial charge in [-0.15, -0.1) is 0 Å². The Bertz CT molecular complexity index is 651. The summed E-state index contributed by atoms with van der Waals surface area (Å²) in [5, 5.41) is 6.00. The lowest BCUT2D eigenvalue weighted by Gasteiger charge is -2.10. The number of carbonyl (C=O) groups excluding carboxylic acids is 1. The van der Waals surface area contributed by atoms with Crippen LogP contribution in [0, 0.1) is 6.92 Å². The molecule has 0 aliphatic heterocycles. The molecule has 0 radical (unpaired) electrons. The highest BCUT2D eigenvalue weighted by molar-refractivity contribution is 5.93. The summed E-state index contributed by atoms with van der Waals surface area (Å²) in [5.74, 6) is 0.770. The Morgan fingerprint density at radius 3 is 2.23 bits per heavy atom. The van der Waals surface area contributed by atoms with Crippen molar-refractivity contribution in [3.8, 4) is 5.75 Å². The summed E-state index contributed by atoms with van der Waals surface area (Å²) in [4.78, 5) is 12.0. The van der Waals surface area contributed by atoms with Crippen LogP contribution >= 0.6 is 0 Å². The van der Waals surface area contributed by atoms with E-state index in [2.05, 4.69) is 17.6 Å². The molecule has 0 aliphatic rings. The summed E-state index contributed by atoms with van der Waals surface area (Å²) in [7, 11) is 0. The van der Waals surface area contributed by atoms with Crippen LogP contribution in [0.4, 0.5) is 11.4 Å². The minimum Gasteiger partial charge on any atom is -0.494 e. The highest BCUT2D eigenvalue weighted by Crippen LogP contribution is 2.16. The molecule has 0 atom stereocenters. The minimum absolute atomic E-state index is 0.0739. The Kier molecular flexibility index (Phi) is 8.53. The summed E-state index contributed by atoms with van der Waals surface area (Å²) in [6, 6.07) is 15.5. The Morgan fingerprint density at radius 2 is 1.54 bits per heavy atom. The average molecular weight is 354 g/mol. The van der Waals surface area contributed by atoms with Crippen LogP contribution in [-0.4, -0.2) is 19.1 Å². The van der Waals surface area contributed by atoms with E-state index in [0.29, 0.717) is 0 Å². The van der Waals surface area contributed by atoms with E-state index in [0.717, 1.165) is 30.2 Å². The zero-order valence-corrected chi connectivity index (χ0v) is 15.9. The monoisotopic (exact) mass is 354 g/mol. The van der Waals surface area contributed by atoms with Crippen molar-refractivity contribution >= 4 is 17.3 Å². The van der Waals surface area contributed by atoms with Crippen molar-refractivity contribution in [3.05, 3.63) is 54.1 Å². The predicted octanol–water partition coefficient (Wildman–Crippen LogP) is 5.39. The maximum absolute atomic E-state index is 12.0. The number of nitrogens with one attached hydrogen (secondary N) is 2. The molecule has 4 nitrogen and oxygen atoms in total. The first kappa shape index (κ1) is 19.8. The number of ether oxygens (including phenoxy) is 1.